The standard InChI is InChI=1S/C13H17N5/c1-18(2)8-10-4-3-5-11(6-10)17-13-7-12(14)15-9-16-13/h3-7,9H,8H2,1-2H3,(H3,14,15,16,17). The predicted molar refractivity (Wildman–Crippen MR) is 73.6 cm³/mol. The molecule has 94 valence electrons. The zero-order valence-corrected chi connectivity index (χ0v) is 10.6. The summed E-state index contributed by atoms with van der Waals surface area (Å²) in [5, 5.41) is 3.21. The first kappa shape index (κ1) is 12.3. The summed E-state index contributed by atoms with van der Waals surface area (Å²) in [5.74, 6) is 1.15. The number of nitrogen functional groups attached to an aromatic ring is 1. The van der Waals surface area contributed by atoms with Crippen molar-refractivity contribution in [1.29, 1.82) is 0 Å². The van der Waals surface area contributed by atoms with Crippen molar-refractivity contribution in [1.82, 2.24) is 14.9 Å². The first-order valence-electron chi connectivity index (χ1n) is 5.72. The van der Waals surface area contributed by atoms with Gasteiger partial charge in [0.25, 0.3) is 0 Å². The molecule has 1 aromatic heterocycles. The molecule has 0 radical (unpaired) electrons. The van der Waals surface area contributed by atoms with Crippen molar-refractivity contribution >= 4 is 17.3 Å². The number of nitrogens with zero attached hydrogens (tertiary/aromatic N) is 3. The van der Waals surface area contributed by atoms with Crippen molar-refractivity contribution in [3.05, 3.63) is 42.2 Å². The zero-order valence-electron chi connectivity index (χ0n) is 10.6. The summed E-state index contributed by atoms with van der Waals surface area (Å²) < 4.78 is 0. The van der Waals surface area contributed by atoms with Crippen LogP contribution in [0.5, 0.6) is 0 Å². The van der Waals surface area contributed by atoms with E-state index >= 15 is 0 Å². The molecule has 1 aromatic carbocycles. The molecule has 0 aliphatic rings. The smallest absolute Gasteiger partial charge is 0.135 e. The fraction of sp³-hybridized carbons (Fsp3) is 0.231. The molecule has 0 atom stereocenters. The quantitative estimate of drug-likeness (QED) is 0.858. The number of nitrogens with one attached hydrogen (secondary N) is 1. The summed E-state index contributed by atoms with van der Waals surface area (Å²) in [5.41, 5.74) is 7.85. The third-order valence-electron chi connectivity index (χ3n) is 2.39. The summed E-state index contributed by atoms with van der Waals surface area (Å²) in [6.45, 7) is 0.904. The summed E-state index contributed by atoms with van der Waals surface area (Å²) in [7, 11) is 4.09. The molecule has 0 saturated heterocycles. The van der Waals surface area contributed by atoms with Crippen molar-refractivity contribution < 1.29 is 0 Å². The number of rotatable bonds is 4. The van der Waals surface area contributed by atoms with E-state index in [-0.39, 0.29) is 0 Å². The van der Waals surface area contributed by atoms with Crippen LogP contribution in [0.3, 0.4) is 0 Å². The Morgan fingerprint density at radius 3 is 2.78 bits per heavy atom. The Hall–Kier alpha value is -2.14. The molecular weight excluding hydrogens is 226 g/mol. The van der Waals surface area contributed by atoms with E-state index in [1.807, 2.05) is 26.2 Å². The molecule has 2 aromatic rings. The molecule has 0 bridgehead atoms. The van der Waals surface area contributed by atoms with E-state index in [1.54, 1.807) is 6.07 Å². The summed E-state index contributed by atoms with van der Waals surface area (Å²) in [4.78, 5) is 10.1. The number of anilines is 3. The van der Waals surface area contributed by atoms with Crippen molar-refractivity contribution in [3.63, 3.8) is 0 Å². The summed E-state index contributed by atoms with van der Waals surface area (Å²) in [6, 6.07) is 9.92. The van der Waals surface area contributed by atoms with Gasteiger partial charge in [-0.1, -0.05) is 12.1 Å². The number of nitrogens with two attached hydrogens (primary N) is 1. The van der Waals surface area contributed by atoms with Crippen LogP contribution in [-0.4, -0.2) is 29.0 Å². The highest BCUT2D eigenvalue weighted by Gasteiger charge is 2.00. The van der Waals surface area contributed by atoms with Gasteiger partial charge < -0.3 is 16.0 Å². The largest absolute Gasteiger partial charge is 0.384 e. The van der Waals surface area contributed by atoms with Gasteiger partial charge in [-0.05, 0) is 31.8 Å². The van der Waals surface area contributed by atoms with Crippen molar-refractivity contribution in [2.45, 2.75) is 6.54 Å². The first-order chi connectivity index (χ1) is 8.63. The fourth-order valence-corrected chi connectivity index (χ4v) is 1.70. The fourth-order valence-electron chi connectivity index (χ4n) is 1.70. The highest BCUT2D eigenvalue weighted by Crippen LogP contribution is 2.17. The van der Waals surface area contributed by atoms with E-state index in [9.17, 15) is 0 Å². The molecule has 0 aliphatic carbocycles. The zero-order chi connectivity index (χ0) is 13.0. The third kappa shape index (κ3) is 3.43. The van der Waals surface area contributed by atoms with Gasteiger partial charge in [0.1, 0.15) is 18.0 Å². The molecule has 2 rings (SSSR count). The Bertz CT molecular complexity index is 524. The van der Waals surface area contributed by atoms with E-state index in [2.05, 4.69) is 32.3 Å². The normalized spacial score (nSPS) is 10.6. The van der Waals surface area contributed by atoms with Gasteiger partial charge in [0.2, 0.25) is 0 Å². The van der Waals surface area contributed by atoms with Crippen LogP contribution >= 0.6 is 0 Å². The molecule has 3 N–H and O–H groups in total. The van der Waals surface area contributed by atoms with Crippen LogP contribution in [0, 0.1) is 0 Å². The van der Waals surface area contributed by atoms with Gasteiger partial charge in [-0.15, -0.1) is 0 Å². The average molecular weight is 243 g/mol. The number of aromatic nitrogens is 2. The number of benzene rings is 1. The minimum Gasteiger partial charge on any atom is -0.384 e. The highest BCUT2D eigenvalue weighted by atomic mass is 15.1. The summed E-state index contributed by atoms with van der Waals surface area (Å²) in [6.07, 6.45) is 1.45. The van der Waals surface area contributed by atoms with Crippen LogP contribution in [0.1, 0.15) is 5.56 Å². The van der Waals surface area contributed by atoms with E-state index in [1.165, 1.54) is 11.9 Å². The van der Waals surface area contributed by atoms with E-state index in [0.29, 0.717) is 11.6 Å². The van der Waals surface area contributed by atoms with Gasteiger partial charge in [-0.3, -0.25) is 0 Å². The molecule has 1 heterocycles. The van der Waals surface area contributed by atoms with Gasteiger partial charge >= 0.3 is 0 Å². The van der Waals surface area contributed by atoms with Crippen LogP contribution < -0.4 is 11.1 Å². The Kier molecular flexibility index (Phi) is 3.74. The van der Waals surface area contributed by atoms with Crippen molar-refractivity contribution in [2.75, 3.05) is 25.1 Å². The lowest BCUT2D eigenvalue weighted by Crippen LogP contribution is -2.10. The maximum absolute atomic E-state index is 5.61. The monoisotopic (exact) mass is 243 g/mol. The Morgan fingerprint density at radius 1 is 1.22 bits per heavy atom. The lowest BCUT2D eigenvalue weighted by atomic mass is 10.2. The van der Waals surface area contributed by atoms with Gasteiger partial charge in [0.05, 0.1) is 0 Å². The lowest BCUT2D eigenvalue weighted by molar-refractivity contribution is 0.402. The first-order valence-corrected chi connectivity index (χ1v) is 5.72. The molecule has 5 nitrogen and oxygen atoms in total. The molecule has 0 amide bonds. The lowest BCUT2D eigenvalue weighted by Gasteiger charge is -2.11. The predicted octanol–water partition coefficient (Wildman–Crippen LogP) is 1.86. The van der Waals surface area contributed by atoms with Gasteiger partial charge in [-0.25, -0.2) is 9.97 Å². The van der Waals surface area contributed by atoms with Crippen LogP contribution in [0.15, 0.2) is 36.7 Å². The third-order valence-corrected chi connectivity index (χ3v) is 2.39. The minimum atomic E-state index is 0.456. The second-order valence-corrected chi connectivity index (χ2v) is 4.39. The Labute approximate surface area is 107 Å². The molecule has 0 aliphatic heterocycles. The molecule has 0 fully saturated rings. The van der Waals surface area contributed by atoms with Crippen LogP contribution in [-0.2, 0) is 6.54 Å². The summed E-state index contributed by atoms with van der Waals surface area (Å²) >= 11 is 0. The maximum atomic E-state index is 5.61. The molecule has 18 heavy (non-hydrogen) atoms. The van der Waals surface area contributed by atoms with Crippen LogP contribution in [0.4, 0.5) is 17.3 Å². The number of hydrogen-bond acceptors (Lipinski definition) is 5. The van der Waals surface area contributed by atoms with Crippen LogP contribution in [0.25, 0.3) is 0 Å². The van der Waals surface area contributed by atoms with E-state index in [0.717, 1.165) is 12.2 Å². The van der Waals surface area contributed by atoms with Gasteiger partial charge in [0.15, 0.2) is 0 Å². The second-order valence-electron chi connectivity index (χ2n) is 4.39. The Morgan fingerprint density at radius 2 is 2.06 bits per heavy atom. The van der Waals surface area contributed by atoms with E-state index < -0.39 is 0 Å². The van der Waals surface area contributed by atoms with Gasteiger partial charge in [0, 0.05) is 18.3 Å². The van der Waals surface area contributed by atoms with E-state index in [4.69, 9.17) is 5.73 Å². The average Bonchev–Trinajstić information content (AvgIpc) is 2.28. The molecule has 0 saturated carbocycles. The topological polar surface area (TPSA) is 67.1 Å². The number of hydrogen-bond donors (Lipinski definition) is 2. The Balaban J connectivity index is 2.14. The SMILES string of the molecule is CN(C)Cc1cccc(Nc2cc(N)ncn2)c1. The molecule has 5 heteroatoms. The van der Waals surface area contributed by atoms with Gasteiger partial charge in [-0.2, -0.15) is 0 Å². The minimum absolute atomic E-state index is 0.456. The van der Waals surface area contributed by atoms with Crippen LogP contribution in [0.2, 0.25) is 0 Å². The highest BCUT2D eigenvalue weighted by molar-refractivity contribution is 5.58. The van der Waals surface area contributed by atoms with Crippen molar-refractivity contribution in [3.8, 4) is 0 Å². The molecule has 0 spiro atoms. The van der Waals surface area contributed by atoms with Crippen molar-refractivity contribution in [2.24, 2.45) is 0 Å². The second kappa shape index (κ2) is 5.46. The molecular formula is C13H17N5. The molecule has 0 unspecified atom stereocenters. The maximum Gasteiger partial charge on any atom is 0.135 e.